The Morgan fingerprint density at radius 1 is 0.463 bits per heavy atom. The van der Waals surface area contributed by atoms with Gasteiger partial charge in [0.2, 0.25) is 0 Å². The zero-order valence-corrected chi connectivity index (χ0v) is 29.4. The number of nitrogens with zero attached hydrogens (tertiary/aromatic N) is 4. The van der Waals surface area contributed by atoms with Crippen molar-refractivity contribution in [3.63, 3.8) is 0 Å². The molecule has 0 radical (unpaired) electrons. The molecule has 252 valence electrons. The Morgan fingerprint density at radius 2 is 1.07 bits per heavy atom. The number of hydrogen-bond donors (Lipinski definition) is 0. The Balaban J connectivity index is 1.29. The number of hydrogen-bond acceptors (Lipinski definition) is 4. The summed E-state index contributed by atoms with van der Waals surface area (Å²) in [6, 6.07) is 49.9. The van der Waals surface area contributed by atoms with Gasteiger partial charge < -0.3 is 4.57 Å². The van der Waals surface area contributed by atoms with E-state index in [0.717, 1.165) is 75.1 Å². The molecule has 0 saturated carbocycles. The molecular weight excluding hydrogens is 677 g/mol. The quantitative estimate of drug-likeness (QED) is 0.178. The van der Waals surface area contributed by atoms with Crippen LogP contribution in [-0.4, -0.2) is 19.5 Å². The highest BCUT2D eigenvalue weighted by atomic mass is 32.1. The molecular formula is C49H30N4S. The molecule has 0 atom stereocenters. The fourth-order valence-corrected chi connectivity index (χ4v) is 9.00. The van der Waals surface area contributed by atoms with Gasteiger partial charge in [-0.2, -0.15) is 0 Å². The summed E-state index contributed by atoms with van der Waals surface area (Å²) in [7, 11) is 0. The highest BCUT2D eigenvalue weighted by Gasteiger charge is 2.22. The first-order valence-corrected chi connectivity index (χ1v) is 18.5. The molecule has 0 aliphatic carbocycles. The Bertz CT molecular complexity index is 3440. The summed E-state index contributed by atoms with van der Waals surface area (Å²) < 4.78 is 47.4. The van der Waals surface area contributed by atoms with Crippen LogP contribution in [0.3, 0.4) is 0 Å². The standard InChI is InChI=1S/C49H30N4S/c1-3-16-32(17-4-1)47-50-48(33-18-5-2-6-19-33)52-49(51-47)41-30-34(53-42-26-11-9-22-37(42)38-23-10-12-27-43(38)53)29-40-45-39(25-14-28-44(45)54-46(40)41)36-24-13-20-31-15-7-8-21-35(31)36/h1-30H/i1D,3D,4D,16D,17D. The second-order valence-electron chi connectivity index (χ2n) is 13.2. The van der Waals surface area contributed by atoms with Crippen LogP contribution in [0.1, 0.15) is 6.85 Å². The molecule has 5 heteroatoms. The van der Waals surface area contributed by atoms with Gasteiger partial charge in [-0.05, 0) is 52.2 Å². The SMILES string of the molecule is [2H]c1c([2H])c([2H])c(-c2nc(-c3ccccc3)nc(-c3cc(-n4c5ccccc5c5ccccc54)cc4c3sc3cccc(-c5cccc6ccccc56)c34)n2)c([2H])c1[2H]. The van der Waals surface area contributed by atoms with E-state index in [1.54, 1.807) is 11.3 Å². The lowest BCUT2D eigenvalue weighted by Gasteiger charge is -2.14. The minimum absolute atomic E-state index is 0.00109. The second kappa shape index (κ2) is 12.3. The first-order chi connectivity index (χ1) is 28.9. The average Bonchev–Trinajstić information content (AvgIpc) is 3.83. The lowest BCUT2D eigenvalue weighted by Crippen LogP contribution is -2.01. The third kappa shape index (κ3) is 4.86. The molecule has 0 saturated heterocycles. The Labute approximate surface area is 322 Å². The molecule has 3 aromatic heterocycles. The Kier molecular flexibility index (Phi) is 5.92. The molecule has 0 amide bonds. The van der Waals surface area contributed by atoms with Gasteiger partial charge in [0.15, 0.2) is 17.5 Å². The monoisotopic (exact) mass is 711 g/mol. The van der Waals surface area contributed by atoms with E-state index in [9.17, 15) is 0 Å². The van der Waals surface area contributed by atoms with E-state index >= 15 is 0 Å². The van der Waals surface area contributed by atoms with Crippen molar-refractivity contribution in [3.05, 3.63) is 182 Å². The van der Waals surface area contributed by atoms with E-state index in [1.165, 1.54) is 0 Å². The number of para-hydroxylation sites is 2. The van der Waals surface area contributed by atoms with Crippen LogP contribution in [0, 0.1) is 0 Å². The minimum Gasteiger partial charge on any atom is -0.309 e. The number of rotatable bonds is 5. The van der Waals surface area contributed by atoms with Crippen molar-refractivity contribution in [1.29, 1.82) is 0 Å². The second-order valence-corrected chi connectivity index (χ2v) is 14.3. The highest BCUT2D eigenvalue weighted by Crippen LogP contribution is 2.46. The van der Waals surface area contributed by atoms with E-state index in [1.807, 2.05) is 30.3 Å². The molecule has 4 nitrogen and oxygen atoms in total. The first kappa shape index (κ1) is 25.9. The molecule has 8 aromatic carbocycles. The predicted molar refractivity (Wildman–Crippen MR) is 226 cm³/mol. The summed E-state index contributed by atoms with van der Waals surface area (Å²) in [5, 5.41) is 6.71. The lowest BCUT2D eigenvalue weighted by atomic mass is 9.94. The van der Waals surface area contributed by atoms with E-state index in [-0.39, 0.29) is 23.5 Å². The van der Waals surface area contributed by atoms with Crippen molar-refractivity contribution in [2.75, 3.05) is 0 Å². The fraction of sp³-hybridized carbons (Fsp3) is 0. The van der Waals surface area contributed by atoms with Gasteiger partial charge in [-0.3, -0.25) is 0 Å². The van der Waals surface area contributed by atoms with Gasteiger partial charge in [0.1, 0.15) is 0 Å². The summed E-state index contributed by atoms with van der Waals surface area (Å²) in [5.41, 5.74) is 6.60. The van der Waals surface area contributed by atoms with Gasteiger partial charge in [-0.1, -0.05) is 152 Å². The minimum atomic E-state index is -0.478. The van der Waals surface area contributed by atoms with Gasteiger partial charge >= 0.3 is 0 Å². The Hall–Kier alpha value is -6.95. The third-order valence-corrected chi connectivity index (χ3v) is 11.3. The normalized spacial score (nSPS) is 13.0. The number of thiophene rings is 1. The molecule has 54 heavy (non-hydrogen) atoms. The molecule has 0 spiro atoms. The van der Waals surface area contributed by atoms with Crippen molar-refractivity contribution in [2.24, 2.45) is 0 Å². The van der Waals surface area contributed by atoms with Crippen LogP contribution in [0.25, 0.3) is 104 Å². The highest BCUT2D eigenvalue weighted by molar-refractivity contribution is 7.26. The lowest BCUT2D eigenvalue weighted by molar-refractivity contribution is 1.07. The van der Waals surface area contributed by atoms with Crippen molar-refractivity contribution in [2.45, 2.75) is 0 Å². The molecule has 11 aromatic rings. The van der Waals surface area contributed by atoms with E-state index < -0.39 is 18.1 Å². The van der Waals surface area contributed by atoms with Crippen LogP contribution in [0.5, 0.6) is 0 Å². The molecule has 0 bridgehead atoms. The predicted octanol–water partition coefficient (Wildman–Crippen LogP) is 13.2. The summed E-state index contributed by atoms with van der Waals surface area (Å²) in [5.74, 6) is 0.649. The summed E-state index contributed by atoms with van der Waals surface area (Å²) >= 11 is 1.66. The maximum Gasteiger partial charge on any atom is 0.165 e. The maximum absolute atomic E-state index is 8.90. The number of aromatic nitrogens is 4. The smallest absolute Gasteiger partial charge is 0.165 e. The Morgan fingerprint density at radius 3 is 1.85 bits per heavy atom. The molecule has 0 aliphatic heterocycles. The molecule has 0 fully saturated rings. The zero-order chi connectivity index (χ0) is 39.9. The maximum atomic E-state index is 8.90. The van der Waals surface area contributed by atoms with Crippen LogP contribution in [-0.2, 0) is 0 Å². The average molecular weight is 712 g/mol. The van der Waals surface area contributed by atoms with Crippen LogP contribution in [0.15, 0.2) is 182 Å². The van der Waals surface area contributed by atoms with Gasteiger partial charge in [0.05, 0.1) is 17.9 Å². The van der Waals surface area contributed by atoms with E-state index in [4.69, 9.17) is 21.8 Å². The molecule has 3 heterocycles. The van der Waals surface area contributed by atoms with Crippen molar-refractivity contribution < 1.29 is 6.85 Å². The summed E-state index contributed by atoms with van der Waals surface area (Å²) in [6.45, 7) is 0. The van der Waals surface area contributed by atoms with Crippen LogP contribution >= 0.6 is 11.3 Å². The number of benzene rings is 8. The van der Waals surface area contributed by atoms with Gasteiger partial charge in [-0.15, -0.1) is 11.3 Å². The molecule has 0 aliphatic rings. The topological polar surface area (TPSA) is 43.6 Å². The van der Waals surface area contributed by atoms with Gasteiger partial charge in [-0.25, -0.2) is 15.0 Å². The van der Waals surface area contributed by atoms with Crippen LogP contribution < -0.4 is 0 Å². The van der Waals surface area contributed by atoms with E-state index in [0.29, 0.717) is 17.2 Å². The molecule has 0 unspecified atom stereocenters. The van der Waals surface area contributed by atoms with Gasteiger partial charge in [0, 0.05) is 53.3 Å². The van der Waals surface area contributed by atoms with Crippen LogP contribution in [0.2, 0.25) is 0 Å². The summed E-state index contributed by atoms with van der Waals surface area (Å²) in [4.78, 5) is 15.0. The van der Waals surface area contributed by atoms with Crippen LogP contribution in [0.4, 0.5) is 0 Å². The largest absolute Gasteiger partial charge is 0.309 e. The van der Waals surface area contributed by atoms with Crippen molar-refractivity contribution >= 4 is 64.1 Å². The first-order valence-electron chi connectivity index (χ1n) is 20.2. The van der Waals surface area contributed by atoms with Crippen molar-refractivity contribution in [3.8, 4) is 51.0 Å². The van der Waals surface area contributed by atoms with E-state index in [2.05, 4.69) is 126 Å². The summed E-state index contributed by atoms with van der Waals surface area (Å²) in [6.07, 6.45) is 0. The zero-order valence-electron chi connectivity index (χ0n) is 33.6. The fourth-order valence-electron chi connectivity index (χ4n) is 7.78. The number of fused-ring (bicyclic) bond motifs is 7. The van der Waals surface area contributed by atoms with Crippen molar-refractivity contribution in [1.82, 2.24) is 19.5 Å². The molecule has 11 rings (SSSR count). The molecule has 0 N–H and O–H groups in total. The van der Waals surface area contributed by atoms with Gasteiger partial charge in [0.25, 0.3) is 0 Å². The third-order valence-electron chi connectivity index (χ3n) is 10.1.